The van der Waals surface area contributed by atoms with E-state index < -0.39 is 6.10 Å². The van der Waals surface area contributed by atoms with Crippen LogP contribution in [-0.2, 0) is 0 Å². The molecule has 0 radical (unpaired) electrons. The van der Waals surface area contributed by atoms with E-state index >= 15 is 0 Å². The number of aliphatic hydroxyl groups is 1. The van der Waals surface area contributed by atoms with Gasteiger partial charge < -0.3 is 5.11 Å². The molecular weight excluding hydrogens is 246 g/mol. The van der Waals surface area contributed by atoms with Gasteiger partial charge in [0.2, 0.25) is 0 Å². The predicted molar refractivity (Wildman–Crippen MR) is 71.1 cm³/mol. The quantitative estimate of drug-likeness (QED) is 0.868. The highest BCUT2D eigenvalue weighted by atomic mass is 19.1. The molecular formula is C16H16F2O. The van der Waals surface area contributed by atoms with E-state index in [-0.39, 0.29) is 11.6 Å². The maximum Gasteiger partial charge on any atom is 0.123 e. The minimum Gasteiger partial charge on any atom is -0.384 e. The number of aliphatic hydroxyl groups excluding tert-OH is 1. The smallest absolute Gasteiger partial charge is 0.123 e. The Morgan fingerprint density at radius 3 is 1.89 bits per heavy atom. The Morgan fingerprint density at radius 2 is 1.37 bits per heavy atom. The van der Waals surface area contributed by atoms with Gasteiger partial charge in [0.25, 0.3) is 0 Å². The molecule has 2 rings (SSSR count). The van der Waals surface area contributed by atoms with E-state index in [9.17, 15) is 13.9 Å². The van der Waals surface area contributed by atoms with Crippen molar-refractivity contribution in [2.45, 2.75) is 26.9 Å². The third-order valence-electron chi connectivity index (χ3n) is 3.21. The molecule has 0 bridgehead atoms. The summed E-state index contributed by atoms with van der Waals surface area (Å²) in [5.41, 5.74) is 3.17. The van der Waals surface area contributed by atoms with Crippen molar-refractivity contribution in [3.63, 3.8) is 0 Å². The van der Waals surface area contributed by atoms with Crippen LogP contribution in [0.3, 0.4) is 0 Å². The van der Waals surface area contributed by atoms with Gasteiger partial charge in [0.1, 0.15) is 17.7 Å². The first kappa shape index (κ1) is 13.7. The molecule has 0 aliphatic carbocycles. The summed E-state index contributed by atoms with van der Waals surface area (Å²) in [6.45, 7) is 5.24. The van der Waals surface area contributed by atoms with Gasteiger partial charge in [-0.25, -0.2) is 8.78 Å². The number of hydrogen-bond acceptors (Lipinski definition) is 1. The van der Waals surface area contributed by atoms with Crippen LogP contribution in [0.25, 0.3) is 0 Å². The second-order valence-corrected chi connectivity index (χ2v) is 4.92. The zero-order chi connectivity index (χ0) is 14.2. The second kappa shape index (κ2) is 5.10. The molecule has 0 fully saturated rings. The summed E-state index contributed by atoms with van der Waals surface area (Å²) in [6.07, 6.45) is -0.949. The minimum absolute atomic E-state index is 0.332. The van der Waals surface area contributed by atoms with Gasteiger partial charge in [-0.1, -0.05) is 6.07 Å². The number of halogens is 2. The van der Waals surface area contributed by atoms with Crippen molar-refractivity contribution in [1.29, 1.82) is 0 Å². The summed E-state index contributed by atoms with van der Waals surface area (Å²) in [4.78, 5) is 0. The molecule has 0 aliphatic rings. The summed E-state index contributed by atoms with van der Waals surface area (Å²) in [6, 6.07) is 7.19. The first-order valence-electron chi connectivity index (χ1n) is 6.10. The molecule has 0 spiro atoms. The van der Waals surface area contributed by atoms with E-state index in [0.29, 0.717) is 22.3 Å². The summed E-state index contributed by atoms with van der Waals surface area (Å²) in [5.74, 6) is -0.715. The fourth-order valence-electron chi connectivity index (χ4n) is 2.44. The lowest BCUT2D eigenvalue weighted by molar-refractivity contribution is 0.218. The van der Waals surface area contributed by atoms with Crippen LogP contribution in [0, 0.1) is 32.4 Å². The maximum absolute atomic E-state index is 13.4. The van der Waals surface area contributed by atoms with Gasteiger partial charge in [-0.05, 0) is 72.9 Å². The van der Waals surface area contributed by atoms with E-state index in [4.69, 9.17) is 0 Å². The molecule has 0 amide bonds. The van der Waals surface area contributed by atoms with Crippen molar-refractivity contribution >= 4 is 0 Å². The van der Waals surface area contributed by atoms with Crippen molar-refractivity contribution < 1.29 is 13.9 Å². The predicted octanol–water partition coefficient (Wildman–Crippen LogP) is 3.97. The third-order valence-corrected chi connectivity index (χ3v) is 3.21. The summed E-state index contributed by atoms with van der Waals surface area (Å²) in [7, 11) is 0. The molecule has 0 saturated heterocycles. The Hall–Kier alpha value is -1.74. The zero-order valence-corrected chi connectivity index (χ0v) is 11.2. The average molecular weight is 262 g/mol. The molecule has 0 aliphatic heterocycles. The van der Waals surface area contributed by atoms with Gasteiger partial charge in [-0.15, -0.1) is 0 Å². The lowest BCUT2D eigenvalue weighted by Gasteiger charge is -2.18. The number of benzene rings is 2. The molecule has 1 atom stereocenters. The largest absolute Gasteiger partial charge is 0.384 e. The van der Waals surface area contributed by atoms with Gasteiger partial charge in [0.15, 0.2) is 0 Å². The van der Waals surface area contributed by atoms with Crippen molar-refractivity contribution in [1.82, 2.24) is 0 Å². The molecule has 2 aromatic carbocycles. The first-order chi connectivity index (χ1) is 8.88. The van der Waals surface area contributed by atoms with Gasteiger partial charge in [-0.2, -0.15) is 0 Å². The topological polar surface area (TPSA) is 20.2 Å². The second-order valence-electron chi connectivity index (χ2n) is 4.92. The van der Waals surface area contributed by atoms with E-state index in [1.807, 2.05) is 0 Å². The van der Waals surface area contributed by atoms with Crippen LogP contribution in [0.2, 0.25) is 0 Å². The molecule has 3 heteroatoms. The molecule has 1 N–H and O–H groups in total. The molecule has 0 saturated carbocycles. The highest BCUT2D eigenvalue weighted by Crippen LogP contribution is 2.29. The Labute approximate surface area is 111 Å². The maximum atomic E-state index is 13.4. The summed E-state index contributed by atoms with van der Waals surface area (Å²) < 4.78 is 26.7. The average Bonchev–Trinajstić information content (AvgIpc) is 2.25. The van der Waals surface area contributed by atoms with Crippen LogP contribution in [-0.4, -0.2) is 5.11 Å². The molecule has 2 aromatic rings. The summed E-state index contributed by atoms with van der Waals surface area (Å²) >= 11 is 0. The number of aryl methyl sites for hydroxylation is 3. The van der Waals surface area contributed by atoms with Crippen molar-refractivity contribution in [3.05, 3.63) is 69.8 Å². The Balaban J connectivity index is 2.52. The third kappa shape index (κ3) is 2.82. The van der Waals surface area contributed by atoms with Crippen LogP contribution < -0.4 is 0 Å². The minimum atomic E-state index is -0.949. The molecule has 1 unspecified atom stereocenters. The van der Waals surface area contributed by atoms with Crippen LogP contribution in [0.1, 0.15) is 33.9 Å². The van der Waals surface area contributed by atoms with Crippen LogP contribution in [0.4, 0.5) is 8.78 Å². The van der Waals surface area contributed by atoms with Gasteiger partial charge in [0.05, 0.1) is 0 Å². The Bertz CT molecular complexity index is 577. The zero-order valence-electron chi connectivity index (χ0n) is 11.2. The normalized spacial score (nSPS) is 12.5. The van der Waals surface area contributed by atoms with Crippen molar-refractivity contribution in [2.75, 3.05) is 0 Å². The standard InChI is InChI=1S/C16H16F2O/c1-9-4-12(8-13(17)5-9)16(19)15-10(2)6-14(18)7-11(15)3/h4-8,16,19H,1-3H3. The highest BCUT2D eigenvalue weighted by molar-refractivity contribution is 5.41. The molecule has 1 nitrogen and oxygen atoms in total. The Morgan fingerprint density at radius 1 is 0.842 bits per heavy atom. The van der Waals surface area contributed by atoms with Crippen LogP contribution >= 0.6 is 0 Å². The van der Waals surface area contributed by atoms with E-state index in [0.717, 1.165) is 5.56 Å². The van der Waals surface area contributed by atoms with E-state index in [1.165, 1.54) is 24.3 Å². The van der Waals surface area contributed by atoms with Gasteiger partial charge in [0, 0.05) is 0 Å². The molecule has 100 valence electrons. The lowest BCUT2D eigenvalue weighted by atomic mass is 9.92. The van der Waals surface area contributed by atoms with E-state index in [2.05, 4.69) is 0 Å². The fraction of sp³-hybridized carbons (Fsp3) is 0.250. The fourth-order valence-corrected chi connectivity index (χ4v) is 2.44. The lowest BCUT2D eigenvalue weighted by Crippen LogP contribution is -2.06. The van der Waals surface area contributed by atoms with E-state index in [1.54, 1.807) is 26.8 Å². The van der Waals surface area contributed by atoms with Crippen molar-refractivity contribution in [3.8, 4) is 0 Å². The van der Waals surface area contributed by atoms with Gasteiger partial charge >= 0.3 is 0 Å². The molecule has 0 aromatic heterocycles. The summed E-state index contributed by atoms with van der Waals surface area (Å²) in [5, 5.41) is 10.4. The number of rotatable bonds is 2. The van der Waals surface area contributed by atoms with Crippen molar-refractivity contribution in [2.24, 2.45) is 0 Å². The SMILES string of the molecule is Cc1cc(F)cc(C(O)c2c(C)cc(F)cc2C)c1. The number of hydrogen-bond donors (Lipinski definition) is 1. The molecule has 0 heterocycles. The molecule has 19 heavy (non-hydrogen) atoms. The van der Waals surface area contributed by atoms with Crippen LogP contribution in [0.15, 0.2) is 30.3 Å². The monoisotopic (exact) mass is 262 g/mol. The van der Waals surface area contributed by atoms with Crippen LogP contribution in [0.5, 0.6) is 0 Å². The first-order valence-corrected chi connectivity index (χ1v) is 6.10. The van der Waals surface area contributed by atoms with Gasteiger partial charge in [-0.3, -0.25) is 0 Å². The Kier molecular flexibility index (Phi) is 3.67. The highest BCUT2D eigenvalue weighted by Gasteiger charge is 2.17.